The van der Waals surface area contributed by atoms with Crippen LogP contribution in [0.2, 0.25) is 0 Å². The minimum Gasteiger partial charge on any atom is -0.481 e. The first-order valence-corrected chi connectivity index (χ1v) is 5.71. The summed E-state index contributed by atoms with van der Waals surface area (Å²) in [6.07, 6.45) is 2.24. The van der Waals surface area contributed by atoms with Crippen molar-refractivity contribution >= 4 is 12.0 Å². The summed E-state index contributed by atoms with van der Waals surface area (Å²) in [5.41, 5.74) is 0. The van der Waals surface area contributed by atoms with Gasteiger partial charge in [-0.15, -0.1) is 0 Å². The van der Waals surface area contributed by atoms with E-state index in [0.29, 0.717) is 5.89 Å². The van der Waals surface area contributed by atoms with Gasteiger partial charge in [0.1, 0.15) is 5.76 Å². The number of nitrogens with zero attached hydrogens (tertiary/aromatic N) is 1. The largest absolute Gasteiger partial charge is 0.481 e. The summed E-state index contributed by atoms with van der Waals surface area (Å²) in [6.45, 7) is 3.73. The monoisotopic (exact) mass is 255 g/mol. The fourth-order valence-electron chi connectivity index (χ4n) is 1.34. The molecule has 1 rings (SSSR count). The Balaban J connectivity index is 2.30. The number of carbonyl (C=O) groups is 2. The number of oxazole rings is 1. The van der Waals surface area contributed by atoms with E-state index in [1.54, 1.807) is 13.1 Å². The van der Waals surface area contributed by atoms with Gasteiger partial charge in [0, 0.05) is 12.5 Å². The molecule has 7 nitrogen and oxygen atoms in total. The summed E-state index contributed by atoms with van der Waals surface area (Å²) in [5.74, 6) is 0.224. The van der Waals surface area contributed by atoms with Crippen molar-refractivity contribution in [1.29, 1.82) is 0 Å². The predicted molar refractivity (Wildman–Crippen MR) is 63.0 cm³/mol. The Morgan fingerprint density at radius 3 is 2.83 bits per heavy atom. The standard InChI is InChI=1S/C11H17N3O4/c1-3-8-5-12-9(18-8)6-13-11(17)14-7(2)4-10(15)16/h5,7H,3-4,6H2,1-2H3,(H,15,16)(H2,13,14,17). The molecule has 1 aromatic rings. The van der Waals surface area contributed by atoms with E-state index in [4.69, 9.17) is 9.52 Å². The number of aliphatic carboxylic acids is 1. The number of hydrogen-bond donors (Lipinski definition) is 3. The summed E-state index contributed by atoms with van der Waals surface area (Å²) in [7, 11) is 0. The van der Waals surface area contributed by atoms with Crippen molar-refractivity contribution in [2.75, 3.05) is 0 Å². The molecule has 0 fully saturated rings. The van der Waals surface area contributed by atoms with E-state index in [2.05, 4.69) is 15.6 Å². The van der Waals surface area contributed by atoms with Crippen LogP contribution in [-0.4, -0.2) is 28.1 Å². The molecule has 0 saturated heterocycles. The first-order valence-electron chi connectivity index (χ1n) is 5.71. The molecule has 3 N–H and O–H groups in total. The lowest BCUT2D eigenvalue weighted by Gasteiger charge is -2.11. The Bertz CT molecular complexity index is 416. The van der Waals surface area contributed by atoms with Crippen LogP contribution in [0.15, 0.2) is 10.6 Å². The molecule has 1 aromatic heterocycles. The number of aryl methyl sites for hydroxylation is 1. The molecule has 0 spiro atoms. The third-order valence-corrected chi connectivity index (χ3v) is 2.21. The van der Waals surface area contributed by atoms with Crippen molar-refractivity contribution in [1.82, 2.24) is 15.6 Å². The van der Waals surface area contributed by atoms with Crippen LogP contribution in [0, 0.1) is 0 Å². The Hall–Kier alpha value is -2.05. The maximum absolute atomic E-state index is 11.4. The quantitative estimate of drug-likeness (QED) is 0.700. The van der Waals surface area contributed by atoms with Crippen LogP contribution in [0.1, 0.15) is 31.9 Å². The molecular weight excluding hydrogens is 238 g/mol. The Morgan fingerprint density at radius 1 is 1.56 bits per heavy atom. The molecule has 0 aromatic carbocycles. The second-order valence-corrected chi connectivity index (χ2v) is 3.90. The summed E-state index contributed by atoms with van der Waals surface area (Å²) in [4.78, 5) is 25.8. The number of carboxylic acid groups (broad SMARTS) is 1. The van der Waals surface area contributed by atoms with Crippen LogP contribution in [-0.2, 0) is 17.8 Å². The average Bonchev–Trinajstić information content (AvgIpc) is 2.72. The Kier molecular flexibility index (Phi) is 5.16. The van der Waals surface area contributed by atoms with Crippen LogP contribution in [0.4, 0.5) is 4.79 Å². The van der Waals surface area contributed by atoms with Gasteiger partial charge < -0.3 is 20.2 Å². The first kappa shape index (κ1) is 14.0. The third kappa shape index (κ3) is 4.86. The normalized spacial score (nSPS) is 11.9. The second kappa shape index (κ2) is 6.63. The van der Waals surface area contributed by atoms with Crippen molar-refractivity contribution < 1.29 is 19.1 Å². The highest BCUT2D eigenvalue weighted by Crippen LogP contribution is 2.03. The van der Waals surface area contributed by atoms with Crippen molar-refractivity contribution in [2.45, 2.75) is 39.3 Å². The van der Waals surface area contributed by atoms with Crippen LogP contribution in [0.25, 0.3) is 0 Å². The van der Waals surface area contributed by atoms with E-state index >= 15 is 0 Å². The topological polar surface area (TPSA) is 104 Å². The van der Waals surface area contributed by atoms with E-state index in [0.717, 1.165) is 12.2 Å². The SMILES string of the molecule is CCc1cnc(CNC(=O)NC(C)CC(=O)O)o1. The highest BCUT2D eigenvalue weighted by atomic mass is 16.4. The molecule has 0 aliphatic heterocycles. The van der Waals surface area contributed by atoms with Gasteiger partial charge in [-0.1, -0.05) is 6.92 Å². The maximum Gasteiger partial charge on any atom is 0.315 e. The molecule has 2 amide bonds. The number of amides is 2. The molecule has 0 bridgehead atoms. The summed E-state index contributed by atoms with van der Waals surface area (Å²) in [5, 5.41) is 13.6. The maximum atomic E-state index is 11.4. The van der Waals surface area contributed by atoms with Crippen LogP contribution in [0.5, 0.6) is 0 Å². The van der Waals surface area contributed by atoms with Crippen LogP contribution >= 0.6 is 0 Å². The second-order valence-electron chi connectivity index (χ2n) is 3.90. The van der Waals surface area contributed by atoms with E-state index in [1.807, 2.05) is 6.92 Å². The molecule has 1 atom stereocenters. The van der Waals surface area contributed by atoms with Gasteiger partial charge in [0.05, 0.1) is 19.2 Å². The number of nitrogens with one attached hydrogen (secondary N) is 2. The number of hydrogen-bond acceptors (Lipinski definition) is 4. The highest BCUT2D eigenvalue weighted by molar-refractivity contribution is 5.75. The van der Waals surface area contributed by atoms with E-state index < -0.39 is 18.0 Å². The number of aromatic nitrogens is 1. The van der Waals surface area contributed by atoms with Gasteiger partial charge in [-0.05, 0) is 6.92 Å². The number of carboxylic acids is 1. The minimum atomic E-state index is -0.955. The molecular formula is C11H17N3O4. The van der Waals surface area contributed by atoms with Crippen molar-refractivity contribution in [3.63, 3.8) is 0 Å². The van der Waals surface area contributed by atoms with Crippen molar-refractivity contribution in [2.24, 2.45) is 0 Å². The van der Waals surface area contributed by atoms with Crippen LogP contribution < -0.4 is 10.6 Å². The number of carbonyl (C=O) groups excluding carboxylic acids is 1. The van der Waals surface area contributed by atoms with Gasteiger partial charge in [-0.3, -0.25) is 4.79 Å². The minimum absolute atomic E-state index is 0.119. The number of rotatable bonds is 6. The lowest BCUT2D eigenvalue weighted by Crippen LogP contribution is -2.41. The Labute approximate surface area is 105 Å². The van der Waals surface area contributed by atoms with Gasteiger partial charge in [-0.25, -0.2) is 9.78 Å². The fraction of sp³-hybridized carbons (Fsp3) is 0.545. The molecule has 0 aliphatic carbocycles. The van der Waals surface area contributed by atoms with E-state index in [1.165, 1.54) is 0 Å². The lowest BCUT2D eigenvalue weighted by atomic mass is 10.2. The smallest absolute Gasteiger partial charge is 0.315 e. The van der Waals surface area contributed by atoms with Gasteiger partial charge in [0.25, 0.3) is 0 Å². The van der Waals surface area contributed by atoms with Gasteiger partial charge in [-0.2, -0.15) is 0 Å². The third-order valence-electron chi connectivity index (χ3n) is 2.21. The van der Waals surface area contributed by atoms with E-state index in [-0.39, 0.29) is 13.0 Å². The summed E-state index contributed by atoms with van der Waals surface area (Å²) in [6, 6.07) is -0.877. The van der Waals surface area contributed by atoms with Crippen molar-refractivity contribution in [3.05, 3.63) is 17.8 Å². The summed E-state index contributed by atoms with van der Waals surface area (Å²) < 4.78 is 5.31. The zero-order chi connectivity index (χ0) is 13.5. The lowest BCUT2D eigenvalue weighted by molar-refractivity contribution is -0.137. The van der Waals surface area contributed by atoms with Gasteiger partial charge in [0.2, 0.25) is 5.89 Å². The predicted octanol–water partition coefficient (Wildman–Crippen LogP) is 0.899. The average molecular weight is 255 g/mol. The number of urea groups is 1. The molecule has 0 saturated carbocycles. The molecule has 0 aliphatic rings. The van der Waals surface area contributed by atoms with Crippen LogP contribution in [0.3, 0.4) is 0 Å². The summed E-state index contributed by atoms with van der Waals surface area (Å²) >= 11 is 0. The molecule has 1 heterocycles. The highest BCUT2D eigenvalue weighted by Gasteiger charge is 2.11. The Morgan fingerprint density at radius 2 is 2.28 bits per heavy atom. The first-order chi connectivity index (χ1) is 8.51. The zero-order valence-electron chi connectivity index (χ0n) is 10.4. The van der Waals surface area contributed by atoms with E-state index in [9.17, 15) is 9.59 Å². The van der Waals surface area contributed by atoms with Gasteiger partial charge in [0.15, 0.2) is 0 Å². The molecule has 100 valence electrons. The van der Waals surface area contributed by atoms with Gasteiger partial charge >= 0.3 is 12.0 Å². The molecule has 18 heavy (non-hydrogen) atoms. The molecule has 1 unspecified atom stereocenters. The fourth-order valence-corrected chi connectivity index (χ4v) is 1.34. The zero-order valence-corrected chi connectivity index (χ0v) is 10.4. The molecule has 0 radical (unpaired) electrons. The molecule has 7 heteroatoms. The van der Waals surface area contributed by atoms with Crippen molar-refractivity contribution in [3.8, 4) is 0 Å².